The van der Waals surface area contributed by atoms with Crippen LogP contribution in [0.25, 0.3) is 0 Å². The molecule has 1 unspecified atom stereocenters. The van der Waals surface area contributed by atoms with Crippen LogP contribution in [0.5, 0.6) is 0 Å². The number of allylic oxidation sites excluding steroid dienone is 1. The quantitative estimate of drug-likeness (QED) is 0.0848. The molecule has 0 aliphatic rings. The molecule has 3 nitrogen and oxygen atoms in total. The van der Waals surface area contributed by atoms with E-state index in [2.05, 4.69) is 18.8 Å². The first-order chi connectivity index (χ1) is 17.6. The van der Waals surface area contributed by atoms with Crippen LogP contribution in [0.4, 0.5) is 0 Å². The molecule has 0 fully saturated rings. The number of imide groups is 1. The molecule has 0 aromatic rings. The van der Waals surface area contributed by atoms with Crippen molar-refractivity contribution in [3.63, 3.8) is 0 Å². The standard InChI is InChI=1S/C33H63NO2/c1-4-6-8-10-12-13-14-15-16-17-18-19-20-21-22-24-25-27-29-31(3)33(36)34-32(35)30-28-26-23-11-9-7-5-2/h4,31H,1,5-30H2,2-3H3,(H,34,35,36). The first kappa shape index (κ1) is 34.9. The van der Waals surface area contributed by atoms with Crippen LogP contribution in [0.2, 0.25) is 0 Å². The molecule has 3 heteroatoms. The molecular formula is C33H63NO2. The van der Waals surface area contributed by atoms with Crippen molar-refractivity contribution in [3.05, 3.63) is 12.7 Å². The normalized spacial score (nSPS) is 11.9. The van der Waals surface area contributed by atoms with E-state index in [1.165, 1.54) is 135 Å². The molecular weight excluding hydrogens is 442 g/mol. The van der Waals surface area contributed by atoms with Gasteiger partial charge in [-0.25, -0.2) is 0 Å². The average molecular weight is 506 g/mol. The lowest BCUT2D eigenvalue weighted by Crippen LogP contribution is -2.34. The Hall–Kier alpha value is -1.12. The van der Waals surface area contributed by atoms with Crippen LogP contribution in [-0.2, 0) is 9.59 Å². The highest BCUT2D eigenvalue weighted by Gasteiger charge is 2.15. The average Bonchev–Trinajstić information content (AvgIpc) is 2.87. The van der Waals surface area contributed by atoms with Crippen molar-refractivity contribution in [2.75, 3.05) is 0 Å². The topological polar surface area (TPSA) is 46.2 Å². The Morgan fingerprint density at radius 3 is 1.44 bits per heavy atom. The Kier molecular flexibility index (Phi) is 27.6. The second-order valence-electron chi connectivity index (χ2n) is 11.2. The van der Waals surface area contributed by atoms with Crippen molar-refractivity contribution in [2.24, 2.45) is 5.92 Å². The third-order valence-electron chi connectivity index (χ3n) is 7.51. The van der Waals surface area contributed by atoms with Gasteiger partial charge in [-0.15, -0.1) is 6.58 Å². The third-order valence-corrected chi connectivity index (χ3v) is 7.51. The molecule has 0 aliphatic carbocycles. The van der Waals surface area contributed by atoms with Crippen molar-refractivity contribution in [1.82, 2.24) is 5.32 Å². The highest BCUT2D eigenvalue weighted by atomic mass is 16.2. The number of carbonyl (C=O) groups excluding carboxylic acids is 2. The fourth-order valence-corrected chi connectivity index (χ4v) is 4.91. The Balaban J connectivity index is 3.38. The molecule has 0 spiro atoms. The zero-order valence-electron chi connectivity index (χ0n) is 24.6. The van der Waals surface area contributed by atoms with E-state index in [9.17, 15) is 9.59 Å². The van der Waals surface area contributed by atoms with Crippen LogP contribution in [-0.4, -0.2) is 11.8 Å². The van der Waals surface area contributed by atoms with Gasteiger partial charge in [0, 0.05) is 12.3 Å². The van der Waals surface area contributed by atoms with Gasteiger partial charge in [0.05, 0.1) is 0 Å². The predicted octanol–water partition coefficient (Wildman–Crippen LogP) is 10.6. The van der Waals surface area contributed by atoms with Gasteiger partial charge < -0.3 is 0 Å². The molecule has 0 aromatic carbocycles. The number of hydrogen-bond acceptors (Lipinski definition) is 2. The van der Waals surface area contributed by atoms with E-state index in [4.69, 9.17) is 0 Å². The SMILES string of the molecule is C=CCCCCCCCCCCCCCCCCCCC(C)C(=O)NC(=O)CCCCCCCCC. The Morgan fingerprint density at radius 1 is 0.611 bits per heavy atom. The lowest BCUT2D eigenvalue weighted by Gasteiger charge is -2.11. The monoisotopic (exact) mass is 505 g/mol. The first-order valence-electron chi connectivity index (χ1n) is 16.1. The van der Waals surface area contributed by atoms with Crippen molar-refractivity contribution >= 4 is 11.8 Å². The van der Waals surface area contributed by atoms with Crippen molar-refractivity contribution in [3.8, 4) is 0 Å². The summed E-state index contributed by atoms with van der Waals surface area (Å²) in [5.74, 6) is -0.220. The zero-order valence-corrected chi connectivity index (χ0v) is 24.6. The summed E-state index contributed by atoms with van der Waals surface area (Å²) >= 11 is 0. The molecule has 0 heterocycles. The van der Waals surface area contributed by atoms with E-state index in [0.29, 0.717) is 6.42 Å². The summed E-state index contributed by atoms with van der Waals surface area (Å²) in [6.07, 6.45) is 34.6. The van der Waals surface area contributed by atoms with Crippen molar-refractivity contribution in [1.29, 1.82) is 0 Å². The molecule has 0 bridgehead atoms. The Bertz CT molecular complexity index is 502. The van der Waals surface area contributed by atoms with Gasteiger partial charge >= 0.3 is 0 Å². The number of carbonyl (C=O) groups is 2. The second-order valence-corrected chi connectivity index (χ2v) is 11.2. The summed E-state index contributed by atoms with van der Waals surface area (Å²) in [4.78, 5) is 24.2. The van der Waals surface area contributed by atoms with Crippen LogP contribution >= 0.6 is 0 Å². The number of nitrogens with one attached hydrogen (secondary N) is 1. The van der Waals surface area contributed by atoms with E-state index in [1.807, 2.05) is 13.0 Å². The van der Waals surface area contributed by atoms with Gasteiger partial charge in [0.1, 0.15) is 0 Å². The number of amides is 2. The molecule has 36 heavy (non-hydrogen) atoms. The minimum atomic E-state index is -0.0877. The highest BCUT2D eigenvalue weighted by molar-refractivity contribution is 5.96. The van der Waals surface area contributed by atoms with E-state index in [0.717, 1.165) is 25.7 Å². The maximum atomic E-state index is 12.2. The highest BCUT2D eigenvalue weighted by Crippen LogP contribution is 2.16. The van der Waals surface area contributed by atoms with Gasteiger partial charge in [0.15, 0.2) is 0 Å². The van der Waals surface area contributed by atoms with Gasteiger partial charge in [-0.2, -0.15) is 0 Å². The molecule has 0 rings (SSSR count). The Morgan fingerprint density at radius 2 is 1.00 bits per heavy atom. The Labute approximate surface area is 226 Å². The molecule has 1 atom stereocenters. The van der Waals surface area contributed by atoms with Gasteiger partial charge in [-0.3, -0.25) is 14.9 Å². The molecule has 212 valence electrons. The van der Waals surface area contributed by atoms with Gasteiger partial charge in [-0.05, 0) is 25.7 Å². The number of unbranched alkanes of at least 4 members (excludes halogenated alkanes) is 22. The third kappa shape index (κ3) is 26.0. The molecule has 0 radical (unpaired) electrons. The van der Waals surface area contributed by atoms with Crippen molar-refractivity contribution in [2.45, 2.75) is 181 Å². The van der Waals surface area contributed by atoms with E-state index in [-0.39, 0.29) is 17.7 Å². The van der Waals surface area contributed by atoms with Crippen molar-refractivity contribution < 1.29 is 9.59 Å². The fourth-order valence-electron chi connectivity index (χ4n) is 4.91. The summed E-state index contributed by atoms with van der Waals surface area (Å²) in [7, 11) is 0. The summed E-state index contributed by atoms with van der Waals surface area (Å²) in [5, 5.41) is 2.62. The van der Waals surface area contributed by atoms with Gasteiger partial charge in [-0.1, -0.05) is 155 Å². The maximum absolute atomic E-state index is 12.2. The summed E-state index contributed by atoms with van der Waals surface area (Å²) in [5.41, 5.74) is 0. The summed E-state index contributed by atoms with van der Waals surface area (Å²) in [6, 6.07) is 0. The lowest BCUT2D eigenvalue weighted by atomic mass is 10.00. The predicted molar refractivity (Wildman–Crippen MR) is 158 cm³/mol. The number of hydrogen-bond donors (Lipinski definition) is 1. The van der Waals surface area contributed by atoms with E-state index < -0.39 is 0 Å². The van der Waals surface area contributed by atoms with E-state index >= 15 is 0 Å². The van der Waals surface area contributed by atoms with Crippen LogP contribution < -0.4 is 5.32 Å². The van der Waals surface area contributed by atoms with Crippen LogP contribution in [0.15, 0.2) is 12.7 Å². The summed E-state index contributed by atoms with van der Waals surface area (Å²) < 4.78 is 0. The van der Waals surface area contributed by atoms with Crippen LogP contribution in [0.3, 0.4) is 0 Å². The number of rotatable bonds is 28. The van der Waals surface area contributed by atoms with Gasteiger partial charge in [0.25, 0.3) is 0 Å². The molecule has 2 amide bonds. The molecule has 1 N–H and O–H groups in total. The van der Waals surface area contributed by atoms with E-state index in [1.54, 1.807) is 0 Å². The molecule has 0 aromatic heterocycles. The maximum Gasteiger partial charge on any atom is 0.229 e. The molecule has 0 saturated carbocycles. The first-order valence-corrected chi connectivity index (χ1v) is 16.1. The second kappa shape index (κ2) is 28.5. The molecule has 0 saturated heterocycles. The minimum Gasteiger partial charge on any atom is -0.296 e. The minimum absolute atomic E-state index is 0.0553. The smallest absolute Gasteiger partial charge is 0.229 e. The lowest BCUT2D eigenvalue weighted by molar-refractivity contribution is -0.132. The van der Waals surface area contributed by atoms with Crippen LogP contribution in [0.1, 0.15) is 181 Å². The fraction of sp³-hybridized carbons (Fsp3) is 0.879. The largest absolute Gasteiger partial charge is 0.296 e. The summed E-state index contributed by atoms with van der Waals surface area (Å²) in [6.45, 7) is 7.97. The zero-order chi connectivity index (χ0) is 26.5. The molecule has 0 aliphatic heterocycles. The van der Waals surface area contributed by atoms with Crippen LogP contribution in [0, 0.1) is 5.92 Å². The van der Waals surface area contributed by atoms with Gasteiger partial charge in [0.2, 0.25) is 11.8 Å².